The highest BCUT2D eigenvalue weighted by Crippen LogP contribution is 2.29. The van der Waals surface area contributed by atoms with Crippen molar-refractivity contribution in [2.75, 3.05) is 5.32 Å². The van der Waals surface area contributed by atoms with Gasteiger partial charge in [0.25, 0.3) is 0 Å². The fourth-order valence-electron chi connectivity index (χ4n) is 2.11. The number of anilines is 2. The second-order valence-corrected chi connectivity index (χ2v) is 6.01. The van der Waals surface area contributed by atoms with Crippen molar-refractivity contribution in [2.24, 2.45) is 0 Å². The van der Waals surface area contributed by atoms with E-state index in [0.717, 1.165) is 16.9 Å². The lowest BCUT2D eigenvalue weighted by atomic mass is 10.2. The predicted molar refractivity (Wildman–Crippen MR) is 86.3 cm³/mol. The summed E-state index contributed by atoms with van der Waals surface area (Å²) in [6.07, 6.45) is -2.04. The highest BCUT2D eigenvalue weighted by atomic mass is 79.9. The fraction of sp³-hybridized carbons (Fsp3) is 0.133. The summed E-state index contributed by atoms with van der Waals surface area (Å²) in [5.41, 5.74) is 0.0808. The highest BCUT2D eigenvalue weighted by Gasteiger charge is 2.33. The third-order valence-corrected chi connectivity index (χ3v) is 3.68. The molecule has 1 aromatic carbocycles. The minimum absolute atomic E-state index is 0.0901. The monoisotopic (exact) mass is 415 g/mol. The number of halogens is 5. The van der Waals surface area contributed by atoms with Crippen LogP contribution in [-0.2, 0) is 6.18 Å². The predicted octanol–water partition coefficient (Wildman–Crippen LogP) is 4.63. The molecule has 3 aromatic rings. The van der Waals surface area contributed by atoms with Crippen LogP contribution in [0.1, 0.15) is 11.3 Å². The van der Waals surface area contributed by atoms with Gasteiger partial charge in [0, 0.05) is 18.1 Å². The van der Waals surface area contributed by atoms with Crippen LogP contribution >= 0.6 is 15.9 Å². The van der Waals surface area contributed by atoms with Crippen LogP contribution in [0.15, 0.2) is 41.1 Å². The van der Waals surface area contributed by atoms with Crippen molar-refractivity contribution < 1.29 is 17.6 Å². The van der Waals surface area contributed by atoms with E-state index in [-0.39, 0.29) is 11.8 Å². The van der Waals surface area contributed by atoms with Crippen molar-refractivity contribution in [2.45, 2.75) is 13.1 Å². The van der Waals surface area contributed by atoms with E-state index in [1.165, 1.54) is 18.3 Å². The minimum atomic E-state index is -4.55. The van der Waals surface area contributed by atoms with Gasteiger partial charge in [-0.05, 0) is 52.7 Å². The van der Waals surface area contributed by atoms with Gasteiger partial charge in [0.15, 0.2) is 11.5 Å². The van der Waals surface area contributed by atoms with Crippen LogP contribution in [0.2, 0.25) is 0 Å². The van der Waals surface area contributed by atoms with Gasteiger partial charge in [-0.25, -0.2) is 14.1 Å². The fourth-order valence-corrected chi connectivity index (χ4v) is 2.48. The zero-order valence-corrected chi connectivity index (χ0v) is 14.2. The second-order valence-electron chi connectivity index (χ2n) is 5.15. The molecule has 2 aromatic heterocycles. The van der Waals surface area contributed by atoms with Crippen LogP contribution in [-0.4, -0.2) is 19.7 Å². The Bertz CT molecular complexity index is 902. The van der Waals surface area contributed by atoms with E-state index >= 15 is 0 Å². The number of hydrogen-bond donors (Lipinski definition) is 1. The number of hydrogen-bond acceptors (Lipinski definition) is 4. The topological polar surface area (TPSA) is 55.6 Å². The molecule has 0 aliphatic carbocycles. The Labute approximate surface area is 147 Å². The zero-order chi connectivity index (χ0) is 18.2. The van der Waals surface area contributed by atoms with Gasteiger partial charge in [-0.3, -0.25) is 0 Å². The van der Waals surface area contributed by atoms with Gasteiger partial charge in [0.05, 0.1) is 4.47 Å². The molecule has 10 heteroatoms. The number of aromatic nitrogens is 4. The SMILES string of the molecule is Cc1cc(F)cc(Nc2ncc(Br)c(-n3ccc(C(F)(F)F)n3)n2)c1. The molecule has 0 atom stereocenters. The van der Waals surface area contributed by atoms with E-state index in [9.17, 15) is 17.6 Å². The van der Waals surface area contributed by atoms with Gasteiger partial charge in [-0.15, -0.1) is 0 Å². The standard InChI is InChI=1S/C15H10BrF4N5/c1-8-4-9(17)6-10(5-8)22-14-21-7-11(16)13(23-14)25-3-2-12(24-25)15(18,19)20/h2-7H,1H3,(H,21,22,23). The summed E-state index contributed by atoms with van der Waals surface area (Å²) >= 11 is 3.18. The number of nitrogens with zero attached hydrogens (tertiary/aromatic N) is 4. The first-order valence-corrected chi connectivity index (χ1v) is 7.72. The van der Waals surface area contributed by atoms with Crippen LogP contribution in [0.3, 0.4) is 0 Å². The summed E-state index contributed by atoms with van der Waals surface area (Å²) in [7, 11) is 0. The molecule has 0 amide bonds. The molecular weight excluding hydrogens is 406 g/mol. The third kappa shape index (κ3) is 3.95. The molecule has 2 heterocycles. The first-order valence-electron chi connectivity index (χ1n) is 6.92. The first-order chi connectivity index (χ1) is 11.7. The molecule has 0 spiro atoms. The number of nitrogens with one attached hydrogen (secondary N) is 1. The van der Waals surface area contributed by atoms with Gasteiger partial charge < -0.3 is 5.32 Å². The van der Waals surface area contributed by atoms with Crippen molar-refractivity contribution in [3.63, 3.8) is 0 Å². The zero-order valence-electron chi connectivity index (χ0n) is 12.6. The molecule has 130 valence electrons. The highest BCUT2D eigenvalue weighted by molar-refractivity contribution is 9.10. The maximum absolute atomic E-state index is 13.4. The van der Waals surface area contributed by atoms with E-state index in [0.29, 0.717) is 15.7 Å². The maximum Gasteiger partial charge on any atom is 0.435 e. The third-order valence-electron chi connectivity index (χ3n) is 3.12. The van der Waals surface area contributed by atoms with Gasteiger partial charge in [0.2, 0.25) is 5.95 Å². The van der Waals surface area contributed by atoms with Crippen LogP contribution < -0.4 is 5.32 Å². The summed E-state index contributed by atoms with van der Waals surface area (Å²) in [4.78, 5) is 8.15. The molecule has 0 aliphatic heterocycles. The lowest BCUT2D eigenvalue weighted by molar-refractivity contribution is -0.141. The lowest BCUT2D eigenvalue weighted by Gasteiger charge is -2.09. The molecule has 0 saturated heterocycles. The van der Waals surface area contributed by atoms with Gasteiger partial charge in [-0.2, -0.15) is 23.3 Å². The van der Waals surface area contributed by atoms with Crippen molar-refractivity contribution in [1.29, 1.82) is 0 Å². The Morgan fingerprint density at radius 1 is 1.20 bits per heavy atom. The van der Waals surface area contributed by atoms with E-state index in [1.54, 1.807) is 13.0 Å². The average Bonchev–Trinajstić information content (AvgIpc) is 2.98. The molecule has 3 rings (SSSR count). The summed E-state index contributed by atoms with van der Waals surface area (Å²) in [5.74, 6) is -0.227. The van der Waals surface area contributed by atoms with E-state index in [4.69, 9.17) is 0 Å². The molecule has 0 bridgehead atoms. The van der Waals surface area contributed by atoms with Crippen LogP contribution in [0.5, 0.6) is 0 Å². The number of rotatable bonds is 3. The Hall–Kier alpha value is -2.49. The average molecular weight is 416 g/mol. The van der Waals surface area contributed by atoms with Gasteiger partial charge in [-0.1, -0.05) is 0 Å². The summed E-state index contributed by atoms with van der Waals surface area (Å²) in [6.45, 7) is 1.73. The molecular formula is C15H10BrF4N5. The molecule has 0 saturated carbocycles. The summed E-state index contributed by atoms with van der Waals surface area (Å²) in [5, 5.41) is 6.29. The van der Waals surface area contributed by atoms with Crippen molar-refractivity contribution in [3.05, 3.63) is 58.2 Å². The van der Waals surface area contributed by atoms with Crippen molar-refractivity contribution in [3.8, 4) is 5.82 Å². The van der Waals surface area contributed by atoms with Crippen LogP contribution in [0.25, 0.3) is 5.82 Å². The largest absolute Gasteiger partial charge is 0.435 e. The number of benzene rings is 1. The van der Waals surface area contributed by atoms with Crippen LogP contribution in [0.4, 0.5) is 29.2 Å². The minimum Gasteiger partial charge on any atom is -0.324 e. The maximum atomic E-state index is 13.4. The smallest absolute Gasteiger partial charge is 0.324 e. The van der Waals surface area contributed by atoms with Crippen LogP contribution in [0, 0.1) is 12.7 Å². The van der Waals surface area contributed by atoms with Crippen molar-refractivity contribution >= 4 is 27.6 Å². The van der Waals surface area contributed by atoms with Crippen molar-refractivity contribution in [1.82, 2.24) is 19.7 Å². The number of alkyl halides is 3. The molecule has 0 aliphatic rings. The first kappa shape index (κ1) is 17.3. The molecule has 0 fully saturated rings. The van der Waals surface area contributed by atoms with E-state index < -0.39 is 17.7 Å². The molecule has 0 unspecified atom stereocenters. The lowest BCUT2D eigenvalue weighted by Crippen LogP contribution is -2.09. The Balaban J connectivity index is 1.94. The Morgan fingerprint density at radius 2 is 1.96 bits per heavy atom. The van der Waals surface area contributed by atoms with E-state index in [1.807, 2.05) is 0 Å². The molecule has 0 radical (unpaired) electrons. The molecule has 5 nitrogen and oxygen atoms in total. The number of aryl methyl sites for hydroxylation is 1. The van der Waals surface area contributed by atoms with E-state index in [2.05, 4.69) is 36.3 Å². The van der Waals surface area contributed by atoms with Gasteiger partial charge in [0.1, 0.15) is 5.82 Å². The van der Waals surface area contributed by atoms with Gasteiger partial charge >= 0.3 is 6.18 Å². The summed E-state index contributed by atoms with van der Waals surface area (Å²) < 4.78 is 52.9. The molecule has 1 N–H and O–H groups in total. The Kier molecular flexibility index (Phi) is 4.46. The summed E-state index contributed by atoms with van der Waals surface area (Å²) in [6, 6.07) is 5.15. The second kappa shape index (κ2) is 6.43. The Morgan fingerprint density at radius 3 is 2.60 bits per heavy atom. The quantitative estimate of drug-likeness (QED) is 0.633. The molecule has 25 heavy (non-hydrogen) atoms. The normalized spacial score (nSPS) is 11.6.